The monoisotopic (exact) mass is 330 g/mol. The lowest BCUT2D eigenvalue weighted by molar-refractivity contribution is 0.304. The van der Waals surface area contributed by atoms with Gasteiger partial charge in [0, 0.05) is 6.07 Å². The van der Waals surface area contributed by atoms with Crippen molar-refractivity contribution in [2.24, 2.45) is 0 Å². The second-order valence-electron chi connectivity index (χ2n) is 4.50. The molecule has 0 unspecified atom stereocenters. The first-order chi connectivity index (χ1) is 9.74. The fraction of sp³-hybridized carbons (Fsp3) is 0.0588. The smallest absolute Gasteiger partial charge is 0.136 e. The average Bonchev–Trinajstić information content (AvgIpc) is 2.48. The van der Waals surface area contributed by atoms with E-state index >= 15 is 0 Å². The molecule has 0 spiro atoms. The molecular formula is C17H12BrFO. The zero-order valence-corrected chi connectivity index (χ0v) is 12.2. The number of hydrogen-bond acceptors (Lipinski definition) is 1. The van der Waals surface area contributed by atoms with Gasteiger partial charge in [0.05, 0.1) is 4.47 Å². The van der Waals surface area contributed by atoms with Crippen molar-refractivity contribution in [1.82, 2.24) is 0 Å². The Labute approximate surface area is 125 Å². The van der Waals surface area contributed by atoms with E-state index in [-0.39, 0.29) is 5.82 Å². The van der Waals surface area contributed by atoms with E-state index in [9.17, 15) is 4.39 Å². The molecule has 0 N–H and O–H groups in total. The topological polar surface area (TPSA) is 9.23 Å². The van der Waals surface area contributed by atoms with Gasteiger partial charge in [0.1, 0.15) is 18.2 Å². The zero-order valence-electron chi connectivity index (χ0n) is 10.6. The van der Waals surface area contributed by atoms with E-state index in [0.717, 1.165) is 15.4 Å². The lowest BCUT2D eigenvalue weighted by Gasteiger charge is -2.10. The van der Waals surface area contributed by atoms with E-state index in [4.69, 9.17) is 4.74 Å². The van der Waals surface area contributed by atoms with Gasteiger partial charge >= 0.3 is 0 Å². The van der Waals surface area contributed by atoms with Crippen LogP contribution in [0.1, 0.15) is 5.56 Å². The quantitative estimate of drug-likeness (QED) is 0.631. The lowest BCUT2D eigenvalue weighted by Crippen LogP contribution is -1.97. The SMILES string of the molecule is Fc1ccc(Br)c(OCc2cccc3ccccc23)c1. The number of benzene rings is 3. The van der Waals surface area contributed by atoms with Crippen molar-refractivity contribution in [2.75, 3.05) is 0 Å². The second-order valence-corrected chi connectivity index (χ2v) is 5.36. The van der Waals surface area contributed by atoms with E-state index in [0.29, 0.717) is 12.4 Å². The second kappa shape index (κ2) is 5.63. The number of hydrogen-bond donors (Lipinski definition) is 0. The first-order valence-corrected chi connectivity index (χ1v) is 7.08. The standard InChI is InChI=1S/C17H12BrFO/c18-16-9-8-14(19)10-17(16)20-11-13-6-3-5-12-4-1-2-7-15(12)13/h1-10H,11H2. The van der Waals surface area contributed by atoms with Crippen LogP contribution < -0.4 is 4.74 Å². The van der Waals surface area contributed by atoms with Crippen LogP contribution >= 0.6 is 15.9 Å². The molecule has 0 amide bonds. The van der Waals surface area contributed by atoms with Gasteiger partial charge in [0.25, 0.3) is 0 Å². The Bertz CT molecular complexity index is 750. The molecule has 100 valence electrons. The van der Waals surface area contributed by atoms with Gasteiger partial charge in [-0.3, -0.25) is 0 Å². The van der Waals surface area contributed by atoms with Crippen LogP contribution in [0.3, 0.4) is 0 Å². The van der Waals surface area contributed by atoms with E-state index in [1.807, 2.05) is 24.3 Å². The van der Waals surface area contributed by atoms with Gasteiger partial charge in [0.15, 0.2) is 0 Å². The molecule has 0 aliphatic heterocycles. The molecule has 0 aliphatic carbocycles. The molecule has 3 aromatic rings. The summed E-state index contributed by atoms with van der Waals surface area (Å²) in [6.07, 6.45) is 0. The first kappa shape index (κ1) is 13.1. The summed E-state index contributed by atoms with van der Waals surface area (Å²) in [5.74, 6) is 0.207. The molecule has 20 heavy (non-hydrogen) atoms. The lowest BCUT2D eigenvalue weighted by atomic mass is 10.1. The molecule has 0 radical (unpaired) electrons. The highest BCUT2D eigenvalue weighted by atomic mass is 79.9. The minimum atomic E-state index is -0.305. The summed E-state index contributed by atoms with van der Waals surface area (Å²) < 4.78 is 19.7. The molecule has 0 saturated carbocycles. The van der Waals surface area contributed by atoms with Gasteiger partial charge in [-0.1, -0.05) is 42.5 Å². The number of halogens is 2. The van der Waals surface area contributed by atoms with Crippen molar-refractivity contribution < 1.29 is 9.13 Å². The predicted molar refractivity (Wildman–Crippen MR) is 82.4 cm³/mol. The molecule has 1 nitrogen and oxygen atoms in total. The Morgan fingerprint density at radius 2 is 1.75 bits per heavy atom. The van der Waals surface area contributed by atoms with Crippen LogP contribution in [0, 0.1) is 5.82 Å². The maximum absolute atomic E-state index is 13.2. The largest absolute Gasteiger partial charge is 0.488 e. The van der Waals surface area contributed by atoms with Gasteiger partial charge < -0.3 is 4.74 Å². The van der Waals surface area contributed by atoms with Gasteiger partial charge in [-0.15, -0.1) is 0 Å². The Morgan fingerprint density at radius 3 is 2.65 bits per heavy atom. The summed E-state index contributed by atoms with van der Waals surface area (Å²) in [4.78, 5) is 0. The third-order valence-corrected chi connectivity index (χ3v) is 3.81. The third-order valence-electron chi connectivity index (χ3n) is 3.16. The number of ether oxygens (including phenoxy) is 1. The fourth-order valence-electron chi connectivity index (χ4n) is 2.16. The Kier molecular flexibility index (Phi) is 3.70. The van der Waals surface area contributed by atoms with Crippen molar-refractivity contribution in [3.8, 4) is 5.75 Å². The van der Waals surface area contributed by atoms with Gasteiger partial charge in [-0.2, -0.15) is 0 Å². The fourth-order valence-corrected chi connectivity index (χ4v) is 2.52. The highest BCUT2D eigenvalue weighted by molar-refractivity contribution is 9.10. The highest BCUT2D eigenvalue weighted by Gasteiger charge is 2.05. The van der Waals surface area contributed by atoms with Crippen molar-refractivity contribution in [3.05, 3.63) is 76.5 Å². The van der Waals surface area contributed by atoms with Crippen molar-refractivity contribution >= 4 is 26.7 Å². The van der Waals surface area contributed by atoms with Crippen molar-refractivity contribution in [3.63, 3.8) is 0 Å². The summed E-state index contributed by atoms with van der Waals surface area (Å²) >= 11 is 3.36. The molecule has 0 fully saturated rings. The molecule has 0 atom stereocenters. The van der Waals surface area contributed by atoms with Crippen molar-refractivity contribution in [2.45, 2.75) is 6.61 Å². The summed E-state index contributed by atoms with van der Waals surface area (Å²) in [6.45, 7) is 0.406. The molecule has 0 aliphatic rings. The molecule has 0 heterocycles. The van der Waals surface area contributed by atoms with Crippen LogP contribution in [-0.4, -0.2) is 0 Å². The summed E-state index contributed by atoms with van der Waals surface area (Å²) in [5, 5.41) is 2.33. The number of fused-ring (bicyclic) bond motifs is 1. The minimum absolute atomic E-state index is 0.305. The highest BCUT2D eigenvalue weighted by Crippen LogP contribution is 2.27. The average molecular weight is 331 g/mol. The molecule has 3 heteroatoms. The van der Waals surface area contributed by atoms with Crippen LogP contribution in [0.2, 0.25) is 0 Å². The summed E-state index contributed by atoms with van der Waals surface area (Å²) in [7, 11) is 0. The zero-order chi connectivity index (χ0) is 13.9. The number of rotatable bonds is 3. The molecule has 0 bridgehead atoms. The van der Waals surface area contributed by atoms with Crippen LogP contribution in [0.25, 0.3) is 10.8 Å². The normalized spacial score (nSPS) is 10.7. The third kappa shape index (κ3) is 2.68. The molecule has 3 rings (SSSR count). The van der Waals surface area contributed by atoms with E-state index in [1.54, 1.807) is 6.07 Å². The van der Waals surface area contributed by atoms with Gasteiger partial charge in [-0.25, -0.2) is 4.39 Å². The van der Waals surface area contributed by atoms with Crippen molar-refractivity contribution in [1.29, 1.82) is 0 Å². The van der Waals surface area contributed by atoms with E-state index in [2.05, 4.69) is 34.1 Å². The Balaban J connectivity index is 1.89. The van der Waals surface area contributed by atoms with Gasteiger partial charge in [-0.05, 0) is 44.4 Å². The summed E-state index contributed by atoms with van der Waals surface area (Å²) in [6, 6.07) is 18.7. The van der Waals surface area contributed by atoms with E-state index < -0.39 is 0 Å². The maximum atomic E-state index is 13.2. The van der Waals surface area contributed by atoms with Crippen LogP contribution in [0.5, 0.6) is 5.75 Å². The van der Waals surface area contributed by atoms with Gasteiger partial charge in [0.2, 0.25) is 0 Å². The van der Waals surface area contributed by atoms with Crippen LogP contribution in [0.15, 0.2) is 65.1 Å². The molecular weight excluding hydrogens is 319 g/mol. The first-order valence-electron chi connectivity index (χ1n) is 6.28. The van der Waals surface area contributed by atoms with E-state index in [1.165, 1.54) is 17.5 Å². The predicted octanol–water partition coefficient (Wildman–Crippen LogP) is 5.32. The Morgan fingerprint density at radius 1 is 0.950 bits per heavy atom. The maximum Gasteiger partial charge on any atom is 0.136 e. The molecule has 0 aromatic heterocycles. The minimum Gasteiger partial charge on any atom is -0.488 e. The molecule has 0 saturated heterocycles. The summed E-state index contributed by atoms with van der Waals surface area (Å²) in [5.41, 5.74) is 1.08. The Hall–Kier alpha value is -1.87. The molecule has 3 aromatic carbocycles. The van der Waals surface area contributed by atoms with Crippen LogP contribution in [-0.2, 0) is 6.61 Å². The van der Waals surface area contributed by atoms with Crippen LogP contribution in [0.4, 0.5) is 4.39 Å².